The summed E-state index contributed by atoms with van der Waals surface area (Å²) >= 11 is 1.78. The van der Waals surface area contributed by atoms with E-state index in [0.29, 0.717) is 6.54 Å². The van der Waals surface area contributed by atoms with E-state index in [9.17, 15) is 9.59 Å². The van der Waals surface area contributed by atoms with Gasteiger partial charge in [0.2, 0.25) is 5.91 Å². The van der Waals surface area contributed by atoms with Crippen LogP contribution in [-0.2, 0) is 9.59 Å². The first-order chi connectivity index (χ1) is 8.66. The molecule has 1 unspecified atom stereocenters. The maximum Gasteiger partial charge on any atom is 0.304 e. The summed E-state index contributed by atoms with van der Waals surface area (Å²) in [6.45, 7) is 2.94. The average molecular weight is 272 g/mol. The topological polar surface area (TPSA) is 60.9 Å². The molecule has 2 aliphatic heterocycles. The van der Waals surface area contributed by atoms with Crippen molar-refractivity contribution in [3.63, 3.8) is 0 Å². The Morgan fingerprint density at radius 1 is 1.22 bits per heavy atom. The van der Waals surface area contributed by atoms with E-state index in [1.54, 1.807) is 11.8 Å². The van der Waals surface area contributed by atoms with Gasteiger partial charge in [-0.2, -0.15) is 11.8 Å². The quantitative estimate of drug-likeness (QED) is 0.807. The van der Waals surface area contributed by atoms with Gasteiger partial charge in [-0.05, 0) is 12.8 Å². The Hall–Kier alpha value is -0.750. The number of rotatable bonds is 4. The molecule has 18 heavy (non-hydrogen) atoms. The van der Waals surface area contributed by atoms with Crippen LogP contribution in [0.5, 0.6) is 0 Å². The lowest BCUT2D eigenvalue weighted by Crippen LogP contribution is -2.48. The van der Waals surface area contributed by atoms with Crippen LogP contribution in [0, 0.1) is 0 Å². The first-order valence-electron chi connectivity index (χ1n) is 6.48. The molecule has 0 aliphatic carbocycles. The number of carbonyl (C=O) groups excluding carboxylic acids is 1. The van der Waals surface area contributed by atoms with Crippen molar-refractivity contribution in [2.45, 2.75) is 25.3 Å². The number of likely N-dealkylation sites (tertiary alicyclic amines) is 1. The van der Waals surface area contributed by atoms with E-state index in [-0.39, 0.29) is 18.4 Å². The number of carboxylic acid groups (broad SMARTS) is 1. The van der Waals surface area contributed by atoms with Crippen molar-refractivity contribution >= 4 is 23.6 Å². The van der Waals surface area contributed by atoms with Gasteiger partial charge in [-0.15, -0.1) is 0 Å². The highest BCUT2D eigenvalue weighted by Crippen LogP contribution is 2.19. The summed E-state index contributed by atoms with van der Waals surface area (Å²) in [6.07, 6.45) is 2.33. The zero-order chi connectivity index (χ0) is 13.0. The minimum Gasteiger partial charge on any atom is -0.481 e. The third-order valence-electron chi connectivity index (χ3n) is 3.56. The van der Waals surface area contributed by atoms with Gasteiger partial charge in [-0.25, -0.2) is 0 Å². The van der Waals surface area contributed by atoms with Gasteiger partial charge in [-0.1, -0.05) is 0 Å². The minimum absolute atomic E-state index is 0.00723. The molecule has 2 fully saturated rings. The lowest BCUT2D eigenvalue weighted by Gasteiger charge is -2.34. The maximum atomic E-state index is 12.1. The van der Waals surface area contributed by atoms with Crippen molar-refractivity contribution in [2.75, 3.05) is 37.7 Å². The molecule has 1 amide bonds. The molecule has 102 valence electrons. The zero-order valence-corrected chi connectivity index (χ0v) is 11.3. The molecule has 1 N–H and O–H groups in total. The van der Waals surface area contributed by atoms with Crippen molar-refractivity contribution in [1.82, 2.24) is 9.80 Å². The normalized spacial score (nSPS) is 25.3. The fraction of sp³-hybridized carbons (Fsp3) is 0.833. The van der Waals surface area contributed by atoms with Gasteiger partial charge in [0.1, 0.15) is 0 Å². The number of aliphatic carboxylic acids is 1. The molecular formula is C12H20N2O3S. The zero-order valence-electron chi connectivity index (χ0n) is 10.5. The van der Waals surface area contributed by atoms with Gasteiger partial charge in [0.15, 0.2) is 0 Å². The SMILES string of the molecule is O=C(O)CC1CSCCN1CC(=O)N1CCCC1. The van der Waals surface area contributed by atoms with E-state index in [1.165, 1.54) is 0 Å². The highest BCUT2D eigenvalue weighted by Gasteiger charge is 2.28. The summed E-state index contributed by atoms with van der Waals surface area (Å²) in [6, 6.07) is 0.00723. The molecule has 2 rings (SSSR count). The molecule has 0 spiro atoms. The largest absolute Gasteiger partial charge is 0.481 e. The molecule has 2 aliphatic rings. The number of carbonyl (C=O) groups is 2. The lowest BCUT2D eigenvalue weighted by molar-refractivity contribution is -0.139. The molecule has 2 heterocycles. The van der Waals surface area contributed by atoms with E-state index in [2.05, 4.69) is 0 Å². The monoisotopic (exact) mass is 272 g/mol. The van der Waals surface area contributed by atoms with E-state index < -0.39 is 5.97 Å². The third-order valence-corrected chi connectivity index (χ3v) is 4.65. The summed E-state index contributed by atoms with van der Waals surface area (Å²) in [5.41, 5.74) is 0. The van der Waals surface area contributed by atoms with Crippen LogP contribution in [0.4, 0.5) is 0 Å². The third kappa shape index (κ3) is 3.62. The lowest BCUT2D eigenvalue weighted by atomic mass is 10.2. The number of hydrogen-bond acceptors (Lipinski definition) is 4. The van der Waals surface area contributed by atoms with Gasteiger partial charge < -0.3 is 10.0 Å². The van der Waals surface area contributed by atoms with Gasteiger partial charge in [0, 0.05) is 37.2 Å². The van der Waals surface area contributed by atoms with Crippen LogP contribution in [-0.4, -0.2) is 70.5 Å². The van der Waals surface area contributed by atoms with Crippen molar-refractivity contribution in [1.29, 1.82) is 0 Å². The van der Waals surface area contributed by atoms with Crippen molar-refractivity contribution < 1.29 is 14.7 Å². The fourth-order valence-corrected chi connectivity index (χ4v) is 3.66. The number of hydrogen-bond donors (Lipinski definition) is 1. The fourth-order valence-electron chi connectivity index (χ4n) is 2.53. The van der Waals surface area contributed by atoms with Gasteiger partial charge in [0.25, 0.3) is 0 Å². The van der Waals surface area contributed by atoms with E-state index in [1.807, 2.05) is 9.80 Å². The molecule has 0 aromatic rings. The number of amides is 1. The Morgan fingerprint density at radius 2 is 1.94 bits per heavy atom. The Balaban J connectivity index is 1.88. The van der Waals surface area contributed by atoms with E-state index in [4.69, 9.17) is 5.11 Å². The van der Waals surface area contributed by atoms with Crippen LogP contribution in [0.3, 0.4) is 0 Å². The van der Waals surface area contributed by atoms with Crippen LogP contribution in [0.15, 0.2) is 0 Å². The first-order valence-corrected chi connectivity index (χ1v) is 7.63. The average Bonchev–Trinajstić information content (AvgIpc) is 2.84. The predicted molar refractivity (Wildman–Crippen MR) is 70.8 cm³/mol. The highest BCUT2D eigenvalue weighted by atomic mass is 32.2. The standard InChI is InChI=1S/C12H20N2O3S/c15-11(13-3-1-2-4-13)8-14-5-6-18-9-10(14)7-12(16)17/h10H,1-9H2,(H,16,17). The molecular weight excluding hydrogens is 252 g/mol. The van der Waals surface area contributed by atoms with Crippen LogP contribution in [0.2, 0.25) is 0 Å². The van der Waals surface area contributed by atoms with Gasteiger partial charge in [0.05, 0.1) is 13.0 Å². The van der Waals surface area contributed by atoms with Crippen LogP contribution < -0.4 is 0 Å². The summed E-state index contributed by atoms with van der Waals surface area (Å²) in [4.78, 5) is 26.8. The Kier molecular flexibility index (Phi) is 4.88. The van der Waals surface area contributed by atoms with Gasteiger partial charge in [-0.3, -0.25) is 14.5 Å². The molecule has 0 bridgehead atoms. The smallest absolute Gasteiger partial charge is 0.304 e. The van der Waals surface area contributed by atoms with Crippen molar-refractivity contribution in [2.24, 2.45) is 0 Å². The van der Waals surface area contributed by atoms with Gasteiger partial charge >= 0.3 is 5.97 Å². The molecule has 0 radical (unpaired) electrons. The molecule has 5 nitrogen and oxygen atoms in total. The molecule has 0 saturated carbocycles. The van der Waals surface area contributed by atoms with Crippen LogP contribution in [0.25, 0.3) is 0 Å². The Bertz CT molecular complexity index is 318. The molecule has 2 saturated heterocycles. The molecule has 6 heteroatoms. The summed E-state index contributed by atoms with van der Waals surface area (Å²) in [7, 11) is 0. The summed E-state index contributed by atoms with van der Waals surface area (Å²) < 4.78 is 0. The second kappa shape index (κ2) is 6.43. The minimum atomic E-state index is -0.777. The van der Waals surface area contributed by atoms with E-state index in [0.717, 1.165) is 44.0 Å². The second-order valence-electron chi connectivity index (χ2n) is 4.88. The number of nitrogens with zero attached hydrogens (tertiary/aromatic N) is 2. The van der Waals surface area contributed by atoms with Crippen LogP contribution in [0.1, 0.15) is 19.3 Å². The summed E-state index contributed by atoms with van der Waals surface area (Å²) in [5, 5.41) is 8.90. The highest BCUT2D eigenvalue weighted by molar-refractivity contribution is 7.99. The van der Waals surface area contributed by atoms with Crippen LogP contribution >= 0.6 is 11.8 Å². The second-order valence-corrected chi connectivity index (χ2v) is 6.03. The number of thioether (sulfide) groups is 1. The molecule has 0 aromatic carbocycles. The van der Waals surface area contributed by atoms with E-state index >= 15 is 0 Å². The number of carboxylic acids is 1. The summed E-state index contributed by atoms with van der Waals surface area (Å²) in [5.74, 6) is 1.19. The predicted octanol–water partition coefficient (Wildman–Crippen LogP) is 0.501. The first kappa shape index (κ1) is 13.7. The molecule has 1 atom stereocenters. The maximum absolute atomic E-state index is 12.1. The Morgan fingerprint density at radius 3 is 2.61 bits per heavy atom. The van der Waals surface area contributed by atoms with Crippen molar-refractivity contribution in [3.05, 3.63) is 0 Å². The molecule has 0 aromatic heterocycles. The van der Waals surface area contributed by atoms with Crippen molar-refractivity contribution in [3.8, 4) is 0 Å². The Labute approximate surface area is 112 Å².